The van der Waals surface area contributed by atoms with Crippen molar-refractivity contribution in [2.24, 2.45) is 5.73 Å². The number of hydrogen-bond acceptors (Lipinski definition) is 4. The highest BCUT2D eigenvalue weighted by Gasteiger charge is 2.05. The van der Waals surface area contributed by atoms with Gasteiger partial charge in [0.15, 0.2) is 0 Å². The Kier molecular flexibility index (Phi) is 3.30. The number of benzene rings is 1. The summed E-state index contributed by atoms with van der Waals surface area (Å²) in [5.41, 5.74) is 6.60. The van der Waals surface area contributed by atoms with E-state index in [1.54, 1.807) is 11.3 Å². The number of fused-ring (bicyclic) bond motifs is 1. The molecule has 2 aromatic rings. The average Bonchev–Trinajstić information content (AvgIpc) is 2.59. The van der Waals surface area contributed by atoms with E-state index in [2.05, 4.69) is 29.1 Å². The average molecular weight is 221 g/mol. The number of rotatable bonds is 4. The summed E-state index contributed by atoms with van der Waals surface area (Å²) in [5.74, 6) is 0. The smallest absolute Gasteiger partial charge is 0.108 e. The molecule has 80 valence electrons. The van der Waals surface area contributed by atoms with Crippen LogP contribution in [0, 0.1) is 0 Å². The van der Waals surface area contributed by atoms with E-state index in [1.165, 1.54) is 4.70 Å². The van der Waals surface area contributed by atoms with E-state index in [-0.39, 0.29) is 0 Å². The van der Waals surface area contributed by atoms with Crippen molar-refractivity contribution < 1.29 is 0 Å². The maximum absolute atomic E-state index is 5.50. The Morgan fingerprint density at radius 1 is 1.40 bits per heavy atom. The number of nitrogens with zero attached hydrogens (tertiary/aromatic N) is 2. The molecule has 1 aromatic carbocycles. The number of aromatic nitrogens is 1. The molecule has 0 saturated carbocycles. The quantitative estimate of drug-likeness (QED) is 0.854. The summed E-state index contributed by atoms with van der Waals surface area (Å²) in [6.45, 7) is 2.49. The highest BCUT2D eigenvalue weighted by atomic mass is 32.1. The fraction of sp³-hybridized carbons (Fsp3) is 0.364. The molecule has 3 nitrogen and oxygen atoms in total. The third-order valence-corrected chi connectivity index (χ3v) is 3.28. The number of nitrogens with two attached hydrogens (primary N) is 1. The first-order valence-electron chi connectivity index (χ1n) is 5.02. The SMILES string of the molecule is CN(CCN)Cc1nc2ccccc2s1. The Bertz CT molecular complexity index is 405. The van der Waals surface area contributed by atoms with Crippen LogP contribution in [0.25, 0.3) is 10.2 Å². The van der Waals surface area contributed by atoms with Crippen molar-refractivity contribution in [3.8, 4) is 0 Å². The van der Waals surface area contributed by atoms with E-state index in [0.717, 1.165) is 23.6 Å². The lowest BCUT2D eigenvalue weighted by atomic mass is 10.3. The van der Waals surface area contributed by atoms with E-state index in [1.807, 2.05) is 12.1 Å². The number of hydrogen-bond donors (Lipinski definition) is 1. The zero-order valence-electron chi connectivity index (χ0n) is 8.81. The summed E-state index contributed by atoms with van der Waals surface area (Å²) in [5, 5.41) is 1.16. The highest BCUT2D eigenvalue weighted by Crippen LogP contribution is 2.22. The van der Waals surface area contributed by atoms with Crippen LogP contribution >= 0.6 is 11.3 Å². The fourth-order valence-corrected chi connectivity index (χ4v) is 2.57. The van der Waals surface area contributed by atoms with Crippen molar-refractivity contribution >= 4 is 21.6 Å². The van der Waals surface area contributed by atoms with Gasteiger partial charge in [-0.05, 0) is 19.2 Å². The Morgan fingerprint density at radius 3 is 2.93 bits per heavy atom. The molecular formula is C11H15N3S. The molecule has 1 heterocycles. The standard InChI is InChI=1S/C11H15N3S/c1-14(7-6-12)8-11-13-9-4-2-3-5-10(9)15-11/h2-5H,6-8,12H2,1H3. The summed E-state index contributed by atoms with van der Waals surface area (Å²) in [7, 11) is 2.07. The summed E-state index contributed by atoms with van der Waals surface area (Å²) in [6.07, 6.45) is 0. The van der Waals surface area contributed by atoms with Gasteiger partial charge in [0, 0.05) is 13.1 Å². The molecule has 1 aromatic heterocycles. The van der Waals surface area contributed by atoms with Crippen molar-refractivity contribution in [3.63, 3.8) is 0 Å². The summed E-state index contributed by atoms with van der Waals surface area (Å²) in [4.78, 5) is 6.76. The zero-order valence-corrected chi connectivity index (χ0v) is 9.63. The van der Waals surface area contributed by atoms with Crippen LogP contribution in [0.1, 0.15) is 5.01 Å². The van der Waals surface area contributed by atoms with Gasteiger partial charge in [-0.15, -0.1) is 11.3 Å². The molecule has 0 aliphatic heterocycles. The van der Waals surface area contributed by atoms with E-state index in [0.29, 0.717) is 6.54 Å². The van der Waals surface area contributed by atoms with Gasteiger partial charge in [-0.25, -0.2) is 4.98 Å². The van der Waals surface area contributed by atoms with Gasteiger partial charge < -0.3 is 5.73 Å². The maximum Gasteiger partial charge on any atom is 0.108 e. The second-order valence-electron chi connectivity index (χ2n) is 3.60. The van der Waals surface area contributed by atoms with E-state index in [9.17, 15) is 0 Å². The molecule has 0 aliphatic rings. The van der Waals surface area contributed by atoms with Crippen LogP contribution in [0.4, 0.5) is 0 Å². The van der Waals surface area contributed by atoms with Crippen LogP contribution in [0.15, 0.2) is 24.3 Å². The normalized spacial score (nSPS) is 11.4. The first-order chi connectivity index (χ1) is 7.29. The molecule has 0 aliphatic carbocycles. The second-order valence-corrected chi connectivity index (χ2v) is 4.72. The Labute approximate surface area is 93.5 Å². The zero-order chi connectivity index (χ0) is 10.7. The highest BCUT2D eigenvalue weighted by molar-refractivity contribution is 7.18. The van der Waals surface area contributed by atoms with Crippen LogP contribution in [-0.2, 0) is 6.54 Å². The molecule has 0 bridgehead atoms. The van der Waals surface area contributed by atoms with Gasteiger partial charge in [-0.2, -0.15) is 0 Å². The van der Waals surface area contributed by atoms with E-state index in [4.69, 9.17) is 5.73 Å². The molecule has 2 rings (SSSR count). The van der Waals surface area contributed by atoms with Crippen LogP contribution in [-0.4, -0.2) is 30.0 Å². The molecule has 2 N–H and O–H groups in total. The molecule has 0 spiro atoms. The fourth-order valence-electron chi connectivity index (χ4n) is 1.52. The lowest BCUT2D eigenvalue weighted by molar-refractivity contribution is 0.336. The first kappa shape index (κ1) is 10.5. The van der Waals surface area contributed by atoms with Crippen molar-refractivity contribution in [3.05, 3.63) is 29.3 Å². The van der Waals surface area contributed by atoms with Gasteiger partial charge >= 0.3 is 0 Å². The van der Waals surface area contributed by atoms with Gasteiger partial charge in [-0.3, -0.25) is 4.90 Å². The molecule has 15 heavy (non-hydrogen) atoms. The minimum Gasteiger partial charge on any atom is -0.329 e. The predicted molar refractivity (Wildman–Crippen MR) is 65.0 cm³/mol. The van der Waals surface area contributed by atoms with Gasteiger partial charge in [0.1, 0.15) is 5.01 Å². The monoisotopic (exact) mass is 221 g/mol. The molecular weight excluding hydrogens is 206 g/mol. The molecule has 0 saturated heterocycles. The van der Waals surface area contributed by atoms with Crippen molar-refractivity contribution in [1.82, 2.24) is 9.88 Å². The number of thiazole rings is 1. The van der Waals surface area contributed by atoms with Crippen LogP contribution in [0.5, 0.6) is 0 Å². The van der Waals surface area contributed by atoms with E-state index >= 15 is 0 Å². The summed E-state index contributed by atoms with van der Waals surface area (Å²) in [6, 6.07) is 8.24. The van der Waals surface area contributed by atoms with Crippen LogP contribution in [0.2, 0.25) is 0 Å². The summed E-state index contributed by atoms with van der Waals surface area (Å²) >= 11 is 1.76. The second kappa shape index (κ2) is 4.70. The minimum absolute atomic E-state index is 0.696. The summed E-state index contributed by atoms with van der Waals surface area (Å²) < 4.78 is 1.26. The first-order valence-corrected chi connectivity index (χ1v) is 5.84. The Morgan fingerprint density at radius 2 is 2.20 bits per heavy atom. The topological polar surface area (TPSA) is 42.1 Å². The Hall–Kier alpha value is -0.970. The predicted octanol–water partition coefficient (Wildman–Crippen LogP) is 1.69. The number of para-hydroxylation sites is 1. The third kappa shape index (κ3) is 2.53. The third-order valence-electron chi connectivity index (χ3n) is 2.25. The molecule has 4 heteroatoms. The van der Waals surface area contributed by atoms with Crippen LogP contribution < -0.4 is 5.73 Å². The van der Waals surface area contributed by atoms with Gasteiger partial charge in [0.2, 0.25) is 0 Å². The molecule has 0 radical (unpaired) electrons. The lowest BCUT2D eigenvalue weighted by Gasteiger charge is -2.12. The van der Waals surface area contributed by atoms with Gasteiger partial charge in [0.25, 0.3) is 0 Å². The number of likely N-dealkylation sites (N-methyl/N-ethyl adjacent to an activating group) is 1. The molecule has 0 amide bonds. The largest absolute Gasteiger partial charge is 0.329 e. The van der Waals surface area contributed by atoms with Crippen molar-refractivity contribution in [2.75, 3.05) is 20.1 Å². The van der Waals surface area contributed by atoms with Crippen molar-refractivity contribution in [2.45, 2.75) is 6.54 Å². The molecule has 0 atom stereocenters. The van der Waals surface area contributed by atoms with Gasteiger partial charge in [-0.1, -0.05) is 12.1 Å². The molecule has 0 unspecified atom stereocenters. The Balaban J connectivity index is 2.15. The maximum atomic E-state index is 5.50. The minimum atomic E-state index is 0.696. The lowest BCUT2D eigenvalue weighted by Crippen LogP contribution is -2.24. The van der Waals surface area contributed by atoms with Gasteiger partial charge in [0.05, 0.1) is 16.8 Å². The van der Waals surface area contributed by atoms with Crippen LogP contribution in [0.3, 0.4) is 0 Å². The van der Waals surface area contributed by atoms with E-state index < -0.39 is 0 Å². The molecule has 0 fully saturated rings. The van der Waals surface area contributed by atoms with Crippen molar-refractivity contribution in [1.29, 1.82) is 0 Å².